The van der Waals surface area contributed by atoms with E-state index >= 15 is 0 Å². The van der Waals surface area contributed by atoms with Gasteiger partial charge in [0.05, 0.1) is 17.1 Å². The highest BCUT2D eigenvalue weighted by Crippen LogP contribution is 2.34. The number of nitro benzene ring substituents is 1. The fourth-order valence-electron chi connectivity index (χ4n) is 2.83. The van der Waals surface area contributed by atoms with E-state index in [9.17, 15) is 10.1 Å². The van der Waals surface area contributed by atoms with E-state index in [0.29, 0.717) is 11.7 Å². The summed E-state index contributed by atoms with van der Waals surface area (Å²) in [5.74, 6) is 0. The average Bonchev–Trinajstić information content (AvgIpc) is 3.21. The van der Waals surface area contributed by atoms with Crippen LogP contribution in [0.3, 0.4) is 0 Å². The van der Waals surface area contributed by atoms with Crippen molar-refractivity contribution in [3.05, 3.63) is 28.3 Å². The zero-order chi connectivity index (χ0) is 15.0. The highest BCUT2D eigenvalue weighted by atomic mass is 16.6. The maximum absolute atomic E-state index is 11.1. The molecule has 6 nitrogen and oxygen atoms in total. The summed E-state index contributed by atoms with van der Waals surface area (Å²) in [4.78, 5) is 13.1. The Hall–Kier alpha value is -1.82. The summed E-state index contributed by atoms with van der Waals surface area (Å²) in [7, 11) is 0. The third kappa shape index (κ3) is 3.26. The van der Waals surface area contributed by atoms with E-state index in [-0.39, 0.29) is 22.8 Å². The smallest absolute Gasteiger partial charge is 0.292 e. The van der Waals surface area contributed by atoms with E-state index in [4.69, 9.17) is 4.74 Å². The molecule has 0 spiro atoms. The molecule has 2 atom stereocenters. The first kappa shape index (κ1) is 14.1. The zero-order valence-corrected chi connectivity index (χ0v) is 12.4. The fraction of sp³-hybridized carbons (Fsp3) is 0.600. The minimum absolute atomic E-state index is 0.153. The quantitative estimate of drug-likeness (QED) is 0.682. The number of anilines is 2. The lowest BCUT2D eigenvalue weighted by Crippen LogP contribution is -2.45. The molecule has 0 aromatic heterocycles. The lowest BCUT2D eigenvalue weighted by Gasteiger charge is -2.37. The summed E-state index contributed by atoms with van der Waals surface area (Å²) in [6, 6.07) is 5.73. The highest BCUT2D eigenvalue weighted by molar-refractivity contribution is 5.70. The van der Waals surface area contributed by atoms with Crippen molar-refractivity contribution in [1.29, 1.82) is 0 Å². The van der Waals surface area contributed by atoms with Crippen molar-refractivity contribution < 1.29 is 9.66 Å². The Balaban J connectivity index is 1.86. The molecule has 0 radical (unpaired) electrons. The van der Waals surface area contributed by atoms with Gasteiger partial charge in [-0.1, -0.05) is 0 Å². The molecule has 1 aromatic rings. The molecule has 1 saturated carbocycles. The van der Waals surface area contributed by atoms with Crippen LogP contribution in [-0.2, 0) is 4.74 Å². The van der Waals surface area contributed by atoms with Crippen molar-refractivity contribution in [1.82, 2.24) is 0 Å². The van der Waals surface area contributed by atoms with Crippen molar-refractivity contribution in [2.45, 2.75) is 44.9 Å². The molecule has 6 heteroatoms. The van der Waals surface area contributed by atoms with Gasteiger partial charge in [0.2, 0.25) is 0 Å². The van der Waals surface area contributed by atoms with Gasteiger partial charge >= 0.3 is 0 Å². The van der Waals surface area contributed by atoms with Crippen LogP contribution < -0.4 is 10.2 Å². The molecule has 0 unspecified atom stereocenters. The Morgan fingerprint density at radius 3 is 2.52 bits per heavy atom. The molecule has 1 aromatic carbocycles. The predicted octanol–water partition coefficient (Wildman–Crippen LogP) is 2.78. The first-order valence-corrected chi connectivity index (χ1v) is 7.48. The topological polar surface area (TPSA) is 67.6 Å². The van der Waals surface area contributed by atoms with E-state index in [1.54, 1.807) is 6.07 Å². The van der Waals surface area contributed by atoms with Crippen LogP contribution >= 0.6 is 0 Å². The number of nitrogens with one attached hydrogen (secondary N) is 1. The second-order valence-corrected chi connectivity index (χ2v) is 6.04. The molecule has 1 heterocycles. The van der Waals surface area contributed by atoms with Gasteiger partial charge in [-0.2, -0.15) is 0 Å². The van der Waals surface area contributed by atoms with E-state index in [0.717, 1.165) is 31.6 Å². The van der Waals surface area contributed by atoms with E-state index in [2.05, 4.69) is 24.1 Å². The molecule has 1 aliphatic carbocycles. The van der Waals surface area contributed by atoms with Crippen LogP contribution in [0.15, 0.2) is 18.2 Å². The standard InChI is InChI=1S/C15H21N3O3/c1-10-8-17(9-11(2)21-10)13-5-6-15(18(19)20)14(7-13)16-12-3-4-12/h5-7,10-12,16H,3-4,8-9H2,1-2H3/t10-,11-/m0/s1. The first-order valence-electron chi connectivity index (χ1n) is 7.48. The van der Waals surface area contributed by atoms with Crippen LogP contribution in [0, 0.1) is 10.1 Å². The molecule has 0 bridgehead atoms. The van der Waals surface area contributed by atoms with Gasteiger partial charge in [-0.15, -0.1) is 0 Å². The van der Waals surface area contributed by atoms with Crippen LogP contribution in [0.25, 0.3) is 0 Å². The zero-order valence-electron chi connectivity index (χ0n) is 12.4. The Kier molecular flexibility index (Phi) is 3.71. The van der Waals surface area contributed by atoms with E-state index in [1.807, 2.05) is 12.1 Å². The van der Waals surface area contributed by atoms with Gasteiger partial charge in [0.1, 0.15) is 5.69 Å². The lowest BCUT2D eigenvalue weighted by molar-refractivity contribution is -0.384. The third-order valence-electron chi connectivity index (χ3n) is 3.90. The molecule has 21 heavy (non-hydrogen) atoms. The van der Waals surface area contributed by atoms with Gasteiger partial charge in [-0.3, -0.25) is 10.1 Å². The molecule has 2 fully saturated rings. The van der Waals surface area contributed by atoms with Crippen molar-refractivity contribution in [2.24, 2.45) is 0 Å². The maximum atomic E-state index is 11.1. The molecule has 1 aliphatic heterocycles. The first-order chi connectivity index (χ1) is 10.0. The number of morpholine rings is 1. The Morgan fingerprint density at radius 1 is 1.29 bits per heavy atom. The third-order valence-corrected chi connectivity index (χ3v) is 3.90. The summed E-state index contributed by atoms with van der Waals surface area (Å²) >= 11 is 0. The largest absolute Gasteiger partial charge is 0.377 e. The molecule has 2 aliphatic rings. The summed E-state index contributed by atoms with van der Waals surface area (Å²) in [6.07, 6.45) is 2.52. The van der Waals surface area contributed by atoms with Crippen molar-refractivity contribution >= 4 is 17.1 Å². The number of hydrogen-bond donors (Lipinski definition) is 1. The Morgan fingerprint density at radius 2 is 1.95 bits per heavy atom. The minimum atomic E-state index is -0.320. The minimum Gasteiger partial charge on any atom is -0.377 e. The normalized spacial score (nSPS) is 25.7. The van der Waals surface area contributed by atoms with Crippen LogP contribution in [-0.4, -0.2) is 36.3 Å². The number of rotatable bonds is 4. The Bertz CT molecular complexity index is 535. The van der Waals surface area contributed by atoms with E-state index < -0.39 is 0 Å². The van der Waals surface area contributed by atoms with Crippen molar-refractivity contribution in [3.8, 4) is 0 Å². The van der Waals surface area contributed by atoms with Crippen molar-refractivity contribution in [3.63, 3.8) is 0 Å². The number of ether oxygens (including phenoxy) is 1. The average molecular weight is 291 g/mol. The maximum Gasteiger partial charge on any atom is 0.292 e. The molecule has 1 N–H and O–H groups in total. The lowest BCUT2D eigenvalue weighted by atomic mass is 10.1. The number of nitro groups is 1. The van der Waals surface area contributed by atoms with E-state index in [1.165, 1.54) is 0 Å². The summed E-state index contributed by atoms with van der Waals surface area (Å²) in [5, 5.41) is 14.4. The number of hydrogen-bond acceptors (Lipinski definition) is 5. The Labute approximate surface area is 124 Å². The SMILES string of the molecule is C[C@H]1CN(c2ccc([N+](=O)[O-])c(NC3CC3)c2)C[C@H](C)O1. The van der Waals surface area contributed by atoms with Gasteiger partial charge in [0.15, 0.2) is 0 Å². The van der Waals surface area contributed by atoms with Gasteiger partial charge in [0.25, 0.3) is 5.69 Å². The fourth-order valence-corrected chi connectivity index (χ4v) is 2.83. The molecular weight excluding hydrogens is 270 g/mol. The van der Waals surface area contributed by atoms with Gasteiger partial charge in [0, 0.05) is 30.9 Å². The van der Waals surface area contributed by atoms with Crippen LogP contribution in [0.1, 0.15) is 26.7 Å². The molecule has 3 rings (SSSR count). The molecule has 0 amide bonds. The van der Waals surface area contributed by atoms with Gasteiger partial charge in [-0.05, 0) is 38.8 Å². The van der Waals surface area contributed by atoms with Crippen molar-refractivity contribution in [2.75, 3.05) is 23.3 Å². The summed E-state index contributed by atoms with van der Waals surface area (Å²) in [6.45, 7) is 5.73. The molecular formula is C15H21N3O3. The van der Waals surface area contributed by atoms with Gasteiger partial charge < -0.3 is 15.0 Å². The second-order valence-electron chi connectivity index (χ2n) is 6.04. The van der Waals surface area contributed by atoms with Gasteiger partial charge in [-0.25, -0.2) is 0 Å². The number of benzene rings is 1. The second kappa shape index (κ2) is 5.52. The summed E-state index contributed by atoms with van der Waals surface area (Å²) < 4.78 is 5.74. The van der Waals surface area contributed by atoms with Crippen LogP contribution in [0.4, 0.5) is 17.1 Å². The van der Waals surface area contributed by atoms with Crippen LogP contribution in [0.5, 0.6) is 0 Å². The predicted molar refractivity (Wildman–Crippen MR) is 82.0 cm³/mol. The monoisotopic (exact) mass is 291 g/mol. The number of nitrogens with zero attached hydrogens (tertiary/aromatic N) is 2. The summed E-state index contributed by atoms with van der Waals surface area (Å²) in [5.41, 5.74) is 1.80. The molecule has 114 valence electrons. The van der Waals surface area contributed by atoms with Crippen LogP contribution in [0.2, 0.25) is 0 Å². The highest BCUT2D eigenvalue weighted by Gasteiger charge is 2.27. The molecule has 1 saturated heterocycles.